The van der Waals surface area contributed by atoms with E-state index >= 15 is 0 Å². The molecule has 4 heteroatoms. The minimum absolute atomic E-state index is 0.266. The van der Waals surface area contributed by atoms with Gasteiger partial charge in [0.2, 0.25) is 5.28 Å². The molecule has 0 unspecified atom stereocenters. The molecule has 0 N–H and O–H groups in total. The molecule has 0 spiro atoms. The van der Waals surface area contributed by atoms with Crippen molar-refractivity contribution in [2.45, 2.75) is 0 Å². The first-order valence-electron chi connectivity index (χ1n) is 9.71. The number of hydrogen-bond acceptors (Lipinski definition) is 3. The Morgan fingerprint density at radius 3 is 2.17 bits per heavy atom. The first-order valence-corrected chi connectivity index (χ1v) is 10.9. The third-order valence-corrected chi connectivity index (χ3v) is 6.84. The van der Waals surface area contributed by atoms with Gasteiger partial charge in [0, 0.05) is 31.1 Å². The van der Waals surface area contributed by atoms with Crippen molar-refractivity contribution < 1.29 is 0 Å². The fraction of sp³-hybridized carbons (Fsp3) is 0. The zero-order valence-corrected chi connectivity index (χ0v) is 17.4. The normalized spacial score (nSPS) is 11.5. The van der Waals surface area contributed by atoms with Crippen LogP contribution < -0.4 is 0 Å². The molecule has 30 heavy (non-hydrogen) atoms. The molecule has 0 aliphatic carbocycles. The monoisotopic (exact) mass is 422 g/mol. The standard InChI is InChI=1S/C26H15ClN2S/c27-26-28-22-10-3-1-7-21(22)24(29-26)17-14-12-16(13-15-17)18-8-5-9-20-19-6-2-4-11-23(19)30-25(18)20/h1-15H. The molecule has 0 aliphatic heterocycles. The third-order valence-electron chi connectivity index (χ3n) is 5.45. The summed E-state index contributed by atoms with van der Waals surface area (Å²) in [6.07, 6.45) is 0. The first-order chi connectivity index (χ1) is 14.8. The van der Waals surface area contributed by atoms with Gasteiger partial charge in [-0.25, -0.2) is 9.97 Å². The van der Waals surface area contributed by atoms with Crippen molar-refractivity contribution in [2.75, 3.05) is 0 Å². The van der Waals surface area contributed by atoms with Crippen LogP contribution in [0.3, 0.4) is 0 Å². The molecule has 2 nitrogen and oxygen atoms in total. The number of benzene rings is 4. The minimum atomic E-state index is 0.266. The van der Waals surface area contributed by atoms with Gasteiger partial charge in [0.15, 0.2) is 0 Å². The van der Waals surface area contributed by atoms with Gasteiger partial charge in [0.1, 0.15) is 0 Å². The van der Waals surface area contributed by atoms with Crippen molar-refractivity contribution in [3.8, 4) is 22.4 Å². The number of thiophene rings is 1. The molecule has 0 amide bonds. The Labute approximate surface area is 182 Å². The van der Waals surface area contributed by atoms with Gasteiger partial charge < -0.3 is 0 Å². The number of para-hydroxylation sites is 1. The van der Waals surface area contributed by atoms with Crippen LogP contribution in [0.4, 0.5) is 0 Å². The molecule has 0 bridgehead atoms. The van der Waals surface area contributed by atoms with Crippen LogP contribution in [-0.2, 0) is 0 Å². The van der Waals surface area contributed by atoms with Crippen molar-refractivity contribution in [2.24, 2.45) is 0 Å². The van der Waals surface area contributed by atoms with Gasteiger partial charge in [-0.15, -0.1) is 11.3 Å². The second-order valence-electron chi connectivity index (χ2n) is 7.22. The molecule has 0 fully saturated rings. The van der Waals surface area contributed by atoms with Gasteiger partial charge in [-0.05, 0) is 34.9 Å². The lowest BCUT2D eigenvalue weighted by atomic mass is 9.99. The van der Waals surface area contributed by atoms with E-state index in [0.717, 1.165) is 22.2 Å². The molecule has 2 aromatic heterocycles. The zero-order chi connectivity index (χ0) is 20.1. The topological polar surface area (TPSA) is 25.8 Å². The first kappa shape index (κ1) is 17.6. The van der Waals surface area contributed by atoms with E-state index in [1.165, 1.54) is 31.3 Å². The highest BCUT2D eigenvalue weighted by atomic mass is 35.5. The predicted octanol–water partition coefficient (Wildman–Crippen LogP) is 7.99. The minimum Gasteiger partial charge on any atom is -0.218 e. The van der Waals surface area contributed by atoms with Gasteiger partial charge in [0.25, 0.3) is 0 Å². The molecule has 0 saturated carbocycles. The number of halogens is 1. The maximum Gasteiger partial charge on any atom is 0.223 e. The molecule has 6 aromatic rings. The van der Waals surface area contributed by atoms with Crippen LogP contribution in [0, 0.1) is 0 Å². The Kier molecular flexibility index (Phi) is 4.05. The molecule has 142 valence electrons. The summed E-state index contributed by atoms with van der Waals surface area (Å²) < 4.78 is 2.64. The second kappa shape index (κ2) is 6.91. The lowest BCUT2D eigenvalue weighted by molar-refractivity contribution is 1.22. The van der Waals surface area contributed by atoms with Crippen LogP contribution in [-0.4, -0.2) is 9.97 Å². The Morgan fingerprint density at radius 1 is 0.600 bits per heavy atom. The molecular weight excluding hydrogens is 408 g/mol. The van der Waals surface area contributed by atoms with Crippen molar-refractivity contribution in [1.29, 1.82) is 0 Å². The molecule has 2 heterocycles. The van der Waals surface area contributed by atoms with E-state index in [1.807, 2.05) is 35.6 Å². The summed E-state index contributed by atoms with van der Waals surface area (Å²) in [6, 6.07) is 31.7. The van der Waals surface area contributed by atoms with Gasteiger partial charge in [0.05, 0.1) is 11.2 Å². The van der Waals surface area contributed by atoms with Crippen LogP contribution in [0.2, 0.25) is 5.28 Å². The van der Waals surface area contributed by atoms with Crippen LogP contribution in [0.15, 0.2) is 91.0 Å². The van der Waals surface area contributed by atoms with Crippen molar-refractivity contribution >= 4 is 54.0 Å². The van der Waals surface area contributed by atoms with E-state index in [9.17, 15) is 0 Å². The molecular formula is C26H15ClN2S. The average molecular weight is 423 g/mol. The highest BCUT2D eigenvalue weighted by molar-refractivity contribution is 7.26. The Balaban J connectivity index is 1.50. The maximum absolute atomic E-state index is 6.18. The number of rotatable bonds is 2. The van der Waals surface area contributed by atoms with Crippen molar-refractivity contribution in [3.63, 3.8) is 0 Å². The highest BCUT2D eigenvalue weighted by Gasteiger charge is 2.12. The van der Waals surface area contributed by atoms with E-state index in [-0.39, 0.29) is 5.28 Å². The predicted molar refractivity (Wildman–Crippen MR) is 128 cm³/mol. The van der Waals surface area contributed by atoms with E-state index in [2.05, 4.69) is 76.7 Å². The van der Waals surface area contributed by atoms with E-state index < -0.39 is 0 Å². The zero-order valence-electron chi connectivity index (χ0n) is 15.8. The summed E-state index contributed by atoms with van der Waals surface area (Å²) in [5, 5.41) is 3.90. The summed E-state index contributed by atoms with van der Waals surface area (Å²) in [5.41, 5.74) is 5.19. The Hall–Kier alpha value is -3.27. The summed E-state index contributed by atoms with van der Waals surface area (Å²) in [7, 11) is 0. The van der Waals surface area contributed by atoms with Gasteiger partial charge in [-0.1, -0.05) is 78.9 Å². The molecule has 0 aliphatic rings. The molecule has 4 aromatic carbocycles. The number of nitrogens with zero attached hydrogens (tertiary/aromatic N) is 2. The largest absolute Gasteiger partial charge is 0.223 e. The fourth-order valence-corrected chi connectivity index (χ4v) is 5.46. The summed E-state index contributed by atoms with van der Waals surface area (Å²) in [6.45, 7) is 0. The maximum atomic E-state index is 6.18. The number of hydrogen-bond donors (Lipinski definition) is 0. The number of aromatic nitrogens is 2. The van der Waals surface area contributed by atoms with Gasteiger partial charge in [-0.2, -0.15) is 0 Å². The Morgan fingerprint density at radius 2 is 1.30 bits per heavy atom. The SMILES string of the molecule is Clc1nc(-c2ccc(-c3cccc4c3sc3ccccc34)cc2)c2ccccc2n1. The van der Waals surface area contributed by atoms with E-state index in [1.54, 1.807) is 0 Å². The quantitative estimate of drug-likeness (QED) is 0.264. The van der Waals surface area contributed by atoms with Gasteiger partial charge >= 0.3 is 0 Å². The van der Waals surface area contributed by atoms with Crippen LogP contribution in [0.5, 0.6) is 0 Å². The molecule has 6 rings (SSSR count). The fourth-order valence-electron chi connectivity index (χ4n) is 4.05. The van der Waals surface area contributed by atoms with Crippen LogP contribution in [0.1, 0.15) is 0 Å². The van der Waals surface area contributed by atoms with Crippen molar-refractivity contribution in [1.82, 2.24) is 9.97 Å². The lowest BCUT2D eigenvalue weighted by Gasteiger charge is -2.08. The van der Waals surface area contributed by atoms with Crippen LogP contribution >= 0.6 is 22.9 Å². The van der Waals surface area contributed by atoms with Crippen LogP contribution in [0.25, 0.3) is 53.5 Å². The summed E-state index contributed by atoms with van der Waals surface area (Å²) >= 11 is 8.03. The smallest absolute Gasteiger partial charge is 0.218 e. The molecule has 0 atom stereocenters. The van der Waals surface area contributed by atoms with Crippen molar-refractivity contribution in [3.05, 3.63) is 96.3 Å². The Bertz CT molecular complexity index is 1550. The summed E-state index contributed by atoms with van der Waals surface area (Å²) in [5.74, 6) is 0. The average Bonchev–Trinajstić information content (AvgIpc) is 3.17. The van der Waals surface area contributed by atoms with E-state index in [0.29, 0.717) is 0 Å². The lowest BCUT2D eigenvalue weighted by Crippen LogP contribution is -1.91. The summed E-state index contributed by atoms with van der Waals surface area (Å²) in [4.78, 5) is 8.85. The second-order valence-corrected chi connectivity index (χ2v) is 8.61. The van der Waals surface area contributed by atoms with Gasteiger partial charge in [-0.3, -0.25) is 0 Å². The molecule has 0 saturated heterocycles. The number of fused-ring (bicyclic) bond motifs is 4. The molecule has 0 radical (unpaired) electrons. The third kappa shape index (κ3) is 2.78. The van der Waals surface area contributed by atoms with E-state index in [4.69, 9.17) is 11.6 Å². The highest BCUT2D eigenvalue weighted by Crippen LogP contribution is 2.40.